The van der Waals surface area contributed by atoms with E-state index < -0.39 is 0 Å². The number of esters is 1. The van der Waals surface area contributed by atoms with Gasteiger partial charge in [-0.1, -0.05) is 24.3 Å². The summed E-state index contributed by atoms with van der Waals surface area (Å²) < 4.78 is 4.73. The number of ether oxygens (including phenoxy) is 1. The molecule has 2 heteroatoms. The average Bonchev–Trinajstić information content (AvgIpc) is 2.29. The monoisotopic (exact) mass is 204 g/mol. The summed E-state index contributed by atoms with van der Waals surface area (Å²) in [6, 6.07) is 8.43. The van der Waals surface area contributed by atoms with Crippen molar-refractivity contribution in [3.8, 4) is 0 Å². The third-order valence-electron chi connectivity index (χ3n) is 3.13. The van der Waals surface area contributed by atoms with Crippen LogP contribution in [0.5, 0.6) is 0 Å². The second kappa shape index (κ2) is 4.47. The van der Waals surface area contributed by atoms with E-state index >= 15 is 0 Å². The molecule has 0 aliphatic heterocycles. The number of hydrogen-bond donors (Lipinski definition) is 0. The van der Waals surface area contributed by atoms with Crippen LogP contribution in [-0.4, -0.2) is 13.1 Å². The Hall–Kier alpha value is -1.31. The fourth-order valence-electron chi connectivity index (χ4n) is 2.35. The number of carbonyl (C=O) groups excluding carboxylic acids is 1. The van der Waals surface area contributed by atoms with Crippen molar-refractivity contribution in [3.05, 3.63) is 35.4 Å². The molecule has 1 atom stereocenters. The Morgan fingerprint density at radius 2 is 2.27 bits per heavy atom. The first-order valence-corrected chi connectivity index (χ1v) is 5.46. The first-order chi connectivity index (χ1) is 7.31. The van der Waals surface area contributed by atoms with E-state index in [0.717, 1.165) is 12.8 Å². The maximum absolute atomic E-state index is 11.3. The smallest absolute Gasteiger partial charge is 0.306 e. The van der Waals surface area contributed by atoms with Crippen LogP contribution in [0.15, 0.2) is 24.3 Å². The molecule has 0 radical (unpaired) electrons. The largest absolute Gasteiger partial charge is 0.469 e. The topological polar surface area (TPSA) is 26.3 Å². The summed E-state index contributed by atoms with van der Waals surface area (Å²) in [5, 5.41) is 0. The van der Waals surface area contributed by atoms with E-state index in [1.165, 1.54) is 24.7 Å². The summed E-state index contributed by atoms with van der Waals surface area (Å²) in [6.45, 7) is 0. The molecule has 2 nitrogen and oxygen atoms in total. The minimum absolute atomic E-state index is 0.100. The van der Waals surface area contributed by atoms with Crippen molar-refractivity contribution < 1.29 is 9.53 Å². The summed E-state index contributed by atoms with van der Waals surface area (Å²) in [6.07, 6.45) is 3.95. The zero-order chi connectivity index (χ0) is 10.7. The summed E-state index contributed by atoms with van der Waals surface area (Å²) in [5.74, 6) is 0.263. The van der Waals surface area contributed by atoms with Gasteiger partial charge in [0.05, 0.1) is 13.5 Å². The summed E-state index contributed by atoms with van der Waals surface area (Å²) in [4.78, 5) is 11.3. The first-order valence-electron chi connectivity index (χ1n) is 5.46. The lowest BCUT2D eigenvalue weighted by Crippen LogP contribution is -2.14. The van der Waals surface area contributed by atoms with Gasteiger partial charge in [0, 0.05) is 0 Å². The average molecular weight is 204 g/mol. The minimum Gasteiger partial charge on any atom is -0.469 e. The molecule has 2 rings (SSSR count). The van der Waals surface area contributed by atoms with Crippen LogP contribution in [0.3, 0.4) is 0 Å². The van der Waals surface area contributed by atoms with Crippen LogP contribution in [-0.2, 0) is 16.0 Å². The van der Waals surface area contributed by atoms with Crippen LogP contribution in [0.25, 0.3) is 0 Å². The molecule has 1 aromatic carbocycles. The number of aryl methyl sites for hydroxylation is 1. The van der Waals surface area contributed by atoms with Gasteiger partial charge in [-0.25, -0.2) is 0 Å². The molecule has 1 aliphatic rings. The van der Waals surface area contributed by atoms with Crippen molar-refractivity contribution in [2.24, 2.45) is 0 Å². The highest BCUT2D eigenvalue weighted by molar-refractivity contribution is 5.70. The Morgan fingerprint density at radius 1 is 1.47 bits per heavy atom. The Labute approximate surface area is 90.3 Å². The lowest BCUT2D eigenvalue weighted by atomic mass is 9.81. The molecule has 1 aromatic rings. The normalized spacial score (nSPS) is 19.4. The van der Waals surface area contributed by atoms with Gasteiger partial charge in [0.1, 0.15) is 0 Å². The van der Waals surface area contributed by atoms with Gasteiger partial charge in [-0.3, -0.25) is 4.79 Å². The number of hydrogen-bond acceptors (Lipinski definition) is 2. The van der Waals surface area contributed by atoms with Crippen molar-refractivity contribution in [1.29, 1.82) is 0 Å². The van der Waals surface area contributed by atoms with Crippen LogP contribution in [0.1, 0.15) is 36.3 Å². The van der Waals surface area contributed by atoms with Crippen LogP contribution < -0.4 is 0 Å². The van der Waals surface area contributed by atoms with Crippen molar-refractivity contribution in [3.63, 3.8) is 0 Å². The molecule has 0 bridgehead atoms. The van der Waals surface area contributed by atoms with Crippen molar-refractivity contribution in [2.75, 3.05) is 7.11 Å². The van der Waals surface area contributed by atoms with Gasteiger partial charge >= 0.3 is 5.97 Å². The molecule has 0 spiro atoms. The first kappa shape index (κ1) is 10.2. The molecular weight excluding hydrogens is 188 g/mol. The van der Waals surface area contributed by atoms with Crippen molar-refractivity contribution in [2.45, 2.75) is 31.6 Å². The highest BCUT2D eigenvalue weighted by atomic mass is 16.5. The van der Waals surface area contributed by atoms with Crippen LogP contribution in [0.4, 0.5) is 0 Å². The fraction of sp³-hybridized carbons (Fsp3) is 0.462. The third kappa shape index (κ3) is 2.20. The fourth-order valence-corrected chi connectivity index (χ4v) is 2.35. The Morgan fingerprint density at radius 3 is 3.07 bits per heavy atom. The number of carbonyl (C=O) groups is 1. The molecule has 1 unspecified atom stereocenters. The van der Waals surface area contributed by atoms with Gasteiger partial charge in [0.15, 0.2) is 0 Å². The standard InChI is InChI=1S/C13H16O2/c1-15-13(14)9-11-7-4-6-10-5-2-3-8-12(10)11/h2-3,5,8,11H,4,6-7,9H2,1H3. The quantitative estimate of drug-likeness (QED) is 0.692. The van der Waals surface area contributed by atoms with Gasteiger partial charge in [0.2, 0.25) is 0 Å². The SMILES string of the molecule is COC(=O)CC1CCCc2ccccc21. The van der Waals surface area contributed by atoms with Gasteiger partial charge < -0.3 is 4.74 Å². The van der Waals surface area contributed by atoms with E-state index in [1.54, 1.807) is 0 Å². The predicted molar refractivity (Wildman–Crippen MR) is 58.8 cm³/mol. The highest BCUT2D eigenvalue weighted by Gasteiger charge is 2.22. The van der Waals surface area contributed by atoms with Gasteiger partial charge in [-0.15, -0.1) is 0 Å². The van der Waals surface area contributed by atoms with E-state index in [9.17, 15) is 4.79 Å². The van der Waals surface area contributed by atoms with Gasteiger partial charge in [-0.05, 0) is 36.3 Å². The number of fused-ring (bicyclic) bond motifs is 1. The van der Waals surface area contributed by atoms with Crippen molar-refractivity contribution in [1.82, 2.24) is 0 Å². The Balaban J connectivity index is 2.18. The molecule has 80 valence electrons. The molecule has 0 heterocycles. The molecular formula is C13H16O2. The molecule has 0 fully saturated rings. The zero-order valence-electron chi connectivity index (χ0n) is 9.03. The van der Waals surface area contributed by atoms with E-state index in [1.807, 2.05) is 0 Å². The van der Waals surface area contributed by atoms with E-state index in [0.29, 0.717) is 12.3 Å². The number of benzene rings is 1. The molecule has 0 N–H and O–H groups in total. The molecule has 0 aromatic heterocycles. The maximum Gasteiger partial charge on any atom is 0.306 e. The number of methoxy groups -OCH3 is 1. The lowest BCUT2D eigenvalue weighted by molar-refractivity contribution is -0.141. The van der Waals surface area contributed by atoms with Crippen LogP contribution >= 0.6 is 0 Å². The zero-order valence-corrected chi connectivity index (χ0v) is 9.03. The summed E-state index contributed by atoms with van der Waals surface area (Å²) in [7, 11) is 1.46. The maximum atomic E-state index is 11.3. The molecule has 0 amide bonds. The van der Waals surface area contributed by atoms with Crippen LogP contribution in [0.2, 0.25) is 0 Å². The van der Waals surface area contributed by atoms with E-state index in [-0.39, 0.29) is 5.97 Å². The second-order valence-corrected chi connectivity index (χ2v) is 4.07. The molecule has 0 saturated carbocycles. The molecule has 1 aliphatic carbocycles. The van der Waals surface area contributed by atoms with Crippen LogP contribution in [0, 0.1) is 0 Å². The van der Waals surface area contributed by atoms with Crippen molar-refractivity contribution >= 4 is 5.97 Å². The van der Waals surface area contributed by atoms with E-state index in [2.05, 4.69) is 24.3 Å². The van der Waals surface area contributed by atoms with Gasteiger partial charge in [-0.2, -0.15) is 0 Å². The lowest BCUT2D eigenvalue weighted by Gasteiger charge is -2.24. The van der Waals surface area contributed by atoms with Gasteiger partial charge in [0.25, 0.3) is 0 Å². The molecule has 0 saturated heterocycles. The Bertz CT molecular complexity index is 357. The number of rotatable bonds is 2. The van der Waals surface area contributed by atoms with E-state index in [4.69, 9.17) is 4.74 Å². The Kier molecular flexibility index (Phi) is 3.05. The third-order valence-corrected chi connectivity index (χ3v) is 3.13. The highest BCUT2D eigenvalue weighted by Crippen LogP contribution is 2.33. The second-order valence-electron chi connectivity index (χ2n) is 4.07. The summed E-state index contributed by atoms with van der Waals surface area (Å²) >= 11 is 0. The predicted octanol–water partition coefficient (Wildman–Crippen LogP) is 2.67. The summed E-state index contributed by atoms with van der Waals surface area (Å²) in [5.41, 5.74) is 2.74. The molecule has 15 heavy (non-hydrogen) atoms. The minimum atomic E-state index is -0.100.